The number of ether oxygens (including phenoxy) is 3. The highest BCUT2D eigenvalue weighted by atomic mass is 16.5. The van der Waals surface area contributed by atoms with Gasteiger partial charge in [-0.1, -0.05) is 17.7 Å². The molecular weight excluding hydrogens is 460 g/mol. The maximum absolute atomic E-state index is 13.5. The molecule has 0 spiro atoms. The van der Waals surface area contributed by atoms with Crippen molar-refractivity contribution in [3.8, 4) is 17.2 Å². The third-order valence-corrected chi connectivity index (χ3v) is 5.90. The summed E-state index contributed by atoms with van der Waals surface area (Å²) in [5, 5.41) is 5.81. The fourth-order valence-corrected chi connectivity index (χ4v) is 4.18. The van der Waals surface area contributed by atoms with Gasteiger partial charge in [0.1, 0.15) is 22.8 Å². The van der Waals surface area contributed by atoms with Crippen molar-refractivity contribution in [2.24, 2.45) is 0 Å². The van der Waals surface area contributed by atoms with Crippen LogP contribution in [0.2, 0.25) is 0 Å². The molecule has 0 radical (unpaired) electrons. The van der Waals surface area contributed by atoms with Gasteiger partial charge in [-0.15, -0.1) is 0 Å². The average Bonchev–Trinajstić information content (AvgIpc) is 3.36. The Labute approximate surface area is 210 Å². The Bertz CT molecular complexity index is 1290. The summed E-state index contributed by atoms with van der Waals surface area (Å²) in [5.74, 6) is 1.13. The minimum absolute atomic E-state index is 0.0447. The predicted octanol–water partition coefficient (Wildman–Crippen LogP) is 4.79. The topological polar surface area (TPSA) is 99.0 Å². The van der Waals surface area contributed by atoms with Crippen LogP contribution in [0.25, 0.3) is 6.08 Å². The number of fused-ring (bicyclic) bond motifs is 1. The first-order chi connectivity index (χ1) is 17.2. The Kier molecular flexibility index (Phi) is 7.05. The number of rotatable bonds is 7. The standard InChI is InChI=1S/C28H30N2O6/c1-17-8-10-23-20(13-17)22(16-28(2,3)36-23)30-27(32)21(15-19-7-6-12-35-19)29-26(31)18-9-11-24(33-4)25(14-18)34-5/h6-15,22H,16H2,1-5H3,(H,29,31)(H,30,32)/b21-15-. The molecule has 1 aliphatic heterocycles. The maximum atomic E-state index is 13.5. The van der Waals surface area contributed by atoms with E-state index >= 15 is 0 Å². The number of hydrogen-bond donors (Lipinski definition) is 2. The highest BCUT2D eigenvalue weighted by Gasteiger charge is 2.35. The van der Waals surface area contributed by atoms with Crippen molar-refractivity contribution in [1.82, 2.24) is 10.6 Å². The fraction of sp³-hybridized carbons (Fsp3) is 0.286. The molecule has 2 heterocycles. The number of nitrogens with one attached hydrogen (secondary N) is 2. The molecule has 2 N–H and O–H groups in total. The summed E-state index contributed by atoms with van der Waals surface area (Å²) in [5.41, 5.74) is 1.83. The second-order valence-corrected chi connectivity index (χ2v) is 9.23. The normalized spacial score (nSPS) is 16.4. The van der Waals surface area contributed by atoms with Gasteiger partial charge in [-0.3, -0.25) is 9.59 Å². The second kappa shape index (κ2) is 10.2. The lowest BCUT2D eigenvalue weighted by molar-refractivity contribution is -0.119. The third kappa shape index (κ3) is 5.54. The largest absolute Gasteiger partial charge is 0.493 e. The predicted molar refractivity (Wildman–Crippen MR) is 135 cm³/mol. The van der Waals surface area contributed by atoms with Gasteiger partial charge in [-0.2, -0.15) is 0 Å². The first-order valence-corrected chi connectivity index (χ1v) is 11.6. The van der Waals surface area contributed by atoms with E-state index in [9.17, 15) is 9.59 Å². The van der Waals surface area contributed by atoms with E-state index in [0.29, 0.717) is 29.2 Å². The van der Waals surface area contributed by atoms with Crippen LogP contribution in [0.15, 0.2) is 64.9 Å². The van der Waals surface area contributed by atoms with E-state index in [1.54, 1.807) is 30.3 Å². The second-order valence-electron chi connectivity index (χ2n) is 9.23. The van der Waals surface area contributed by atoms with E-state index in [1.807, 2.05) is 39.0 Å². The van der Waals surface area contributed by atoms with E-state index in [0.717, 1.165) is 16.9 Å². The third-order valence-electron chi connectivity index (χ3n) is 5.90. The van der Waals surface area contributed by atoms with Gasteiger partial charge < -0.3 is 29.3 Å². The van der Waals surface area contributed by atoms with Crippen molar-refractivity contribution in [2.45, 2.75) is 38.8 Å². The first-order valence-electron chi connectivity index (χ1n) is 11.6. The molecule has 1 aliphatic rings. The lowest BCUT2D eigenvalue weighted by atomic mass is 9.89. The number of benzene rings is 2. The number of hydrogen-bond acceptors (Lipinski definition) is 6. The summed E-state index contributed by atoms with van der Waals surface area (Å²) >= 11 is 0. The minimum Gasteiger partial charge on any atom is -0.493 e. The number of methoxy groups -OCH3 is 2. The first kappa shape index (κ1) is 24.9. The lowest BCUT2D eigenvalue weighted by Crippen LogP contribution is -2.43. The van der Waals surface area contributed by atoms with Crippen molar-refractivity contribution in [3.05, 3.63) is 82.9 Å². The van der Waals surface area contributed by atoms with Gasteiger partial charge >= 0.3 is 0 Å². The van der Waals surface area contributed by atoms with Crippen LogP contribution < -0.4 is 24.8 Å². The Morgan fingerprint density at radius 1 is 1.06 bits per heavy atom. The molecule has 0 saturated carbocycles. The number of amides is 2. The fourth-order valence-electron chi connectivity index (χ4n) is 4.18. The lowest BCUT2D eigenvalue weighted by Gasteiger charge is -2.38. The minimum atomic E-state index is -0.479. The van der Waals surface area contributed by atoms with Crippen LogP contribution in [-0.2, 0) is 4.79 Å². The van der Waals surface area contributed by atoms with Gasteiger partial charge in [0, 0.05) is 23.6 Å². The molecule has 1 unspecified atom stereocenters. The van der Waals surface area contributed by atoms with Crippen molar-refractivity contribution in [1.29, 1.82) is 0 Å². The van der Waals surface area contributed by atoms with Crippen LogP contribution in [0.1, 0.15) is 53.6 Å². The molecule has 36 heavy (non-hydrogen) atoms. The van der Waals surface area contributed by atoms with E-state index in [2.05, 4.69) is 10.6 Å². The van der Waals surface area contributed by atoms with Gasteiger partial charge in [0.15, 0.2) is 11.5 Å². The van der Waals surface area contributed by atoms with Gasteiger partial charge in [0.2, 0.25) is 0 Å². The summed E-state index contributed by atoms with van der Waals surface area (Å²) in [4.78, 5) is 26.6. The van der Waals surface area contributed by atoms with Crippen LogP contribution >= 0.6 is 0 Å². The maximum Gasteiger partial charge on any atom is 0.268 e. The SMILES string of the molecule is COc1ccc(C(=O)N/C(=C\c2ccco2)C(=O)NC2CC(C)(C)Oc3ccc(C)cc32)cc1OC. The van der Waals surface area contributed by atoms with Crippen molar-refractivity contribution in [2.75, 3.05) is 14.2 Å². The molecule has 0 aliphatic carbocycles. The number of furan rings is 1. The zero-order chi connectivity index (χ0) is 25.9. The van der Waals surface area contributed by atoms with Gasteiger partial charge in [0.25, 0.3) is 11.8 Å². The van der Waals surface area contributed by atoms with E-state index in [-0.39, 0.29) is 11.7 Å². The van der Waals surface area contributed by atoms with Crippen LogP contribution in [0.4, 0.5) is 0 Å². The number of carbonyl (C=O) groups is 2. The van der Waals surface area contributed by atoms with E-state index < -0.39 is 17.4 Å². The molecule has 2 aromatic carbocycles. The average molecular weight is 491 g/mol. The molecule has 4 rings (SSSR count). The van der Waals surface area contributed by atoms with Crippen LogP contribution in [0.5, 0.6) is 17.2 Å². The van der Waals surface area contributed by atoms with Crippen LogP contribution in [-0.4, -0.2) is 31.6 Å². The molecule has 2 amide bonds. The van der Waals surface area contributed by atoms with Crippen molar-refractivity contribution >= 4 is 17.9 Å². The summed E-state index contributed by atoms with van der Waals surface area (Å²) in [6, 6.07) is 13.8. The molecule has 1 atom stereocenters. The summed E-state index contributed by atoms with van der Waals surface area (Å²) in [6.07, 6.45) is 3.56. The van der Waals surface area contributed by atoms with Gasteiger partial charge in [0.05, 0.1) is 26.5 Å². The zero-order valence-corrected chi connectivity index (χ0v) is 21.0. The summed E-state index contributed by atoms with van der Waals surface area (Å²) < 4.78 is 22.1. The monoisotopic (exact) mass is 490 g/mol. The van der Waals surface area contributed by atoms with E-state index in [1.165, 1.54) is 26.6 Å². The molecule has 1 aromatic heterocycles. The Morgan fingerprint density at radius 3 is 2.53 bits per heavy atom. The molecule has 8 heteroatoms. The van der Waals surface area contributed by atoms with Crippen molar-refractivity contribution in [3.63, 3.8) is 0 Å². The molecule has 8 nitrogen and oxygen atoms in total. The smallest absolute Gasteiger partial charge is 0.268 e. The molecule has 0 fully saturated rings. The molecule has 188 valence electrons. The zero-order valence-electron chi connectivity index (χ0n) is 21.0. The molecular formula is C28H30N2O6. The van der Waals surface area contributed by atoms with E-state index in [4.69, 9.17) is 18.6 Å². The number of aryl methyl sites for hydroxylation is 1. The summed E-state index contributed by atoms with van der Waals surface area (Å²) in [7, 11) is 3.01. The quantitative estimate of drug-likeness (QED) is 0.462. The Morgan fingerprint density at radius 2 is 1.83 bits per heavy atom. The highest BCUT2D eigenvalue weighted by molar-refractivity contribution is 6.05. The van der Waals surface area contributed by atoms with Gasteiger partial charge in [-0.05, 0) is 57.2 Å². The van der Waals surface area contributed by atoms with Crippen LogP contribution in [0.3, 0.4) is 0 Å². The van der Waals surface area contributed by atoms with Gasteiger partial charge in [-0.25, -0.2) is 0 Å². The molecule has 0 bridgehead atoms. The van der Waals surface area contributed by atoms with Crippen LogP contribution in [0, 0.1) is 6.92 Å². The summed E-state index contributed by atoms with van der Waals surface area (Å²) in [6.45, 7) is 5.95. The highest BCUT2D eigenvalue weighted by Crippen LogP contribution is 2.40. The molecule has 3 aromatic rings. The van der Waals surface area contributed by atoms with Crippen molar-refractivity contribution < 1.29 is 28.2 Å². The Balaban J connectivity index is 1.62. The molecule has 0 saturated heterocycles. The number of carbonyl (C=O) groups excluding carboxylic acids is 2. The Hall–Kier alpha value is -4.20.